The third-order valence-electron chi connectivity index (χ3n) is 3.27. The highest BCUT2D eigenvalue weighted by molar-refractivity contribution is 7.99. The smallest absolute Gasteiger partial charge is 0.307 e. The van der Waals surface area contributed by atoms with Gasteiger partial charge >= 0.3 is 5.97 Å². The minimum atomic E-state index is -0.425. The fourth-order valence-corrected chi connectivity index (χ4v) is 2.95. The molecule has 0 aliphatic carbocycles. The second-order valence-corrected chi connectivity index (χ2v) is 6.90. The van der Waals surface area contributed by atoms with Gasteiger partial charge in [-0.1, -0.05) is 23.7 Å². The van der Waals surface area contributed by atoms with Crippen LogP contribution >= 0.6 is 23.4 Å². The molecule has 0 bridgehead atoms. The van der Waals surface area contributed by atoms with E-state index in [2.05, 4.69) is 11.4 Å². The summed E-state index contributed by atoms with van der Waals surface area (Å²) in [5.74, 6) is -0.273. The Morgan fingerprint density at radius 1 is 1.12 bits per heavy atom. The van der Waals surface area contributed by atoms with Crippen molar-refractivity contribution in [1.82, 2.24) is 0 Å². The molecule has 26 heavy (non-hydrogen) atoms. The molecule has 0 unspecified atom stereocenters. The molecule has 2 rings (SSSR count). The Morgan fingerprint density at radius 2 is 1.81 bits per heavy atom. The number of nitrogens with one attached hydrogen (secondary N) is 1. The van der Waals surface area contributed by atoms with Gasteiger partial charge in [0.1, 0.15) is 0 Å². The number of hydrogen-bond donors (Lipinski definition) is 1. The largest absolute Gasteiger partial charge is 0.456 e. The molecular formula is C19H17ClN2O3S. The molecule has 0 aliphatic heterocycles. The Morgan fingerprint density at radius 3 is 2.46 bits per heavy atom. The third-order valence-corrected chi connectivity index (χ3v) is 4.54. The van der Waals surface area contributed by atoms with Crippen LogP contribution in [-0.2, 0) is 20.7 Å². The van der Waals surface area contributed by atoms with E-state index in [0.717, 1.165) is 10.5 Å². The second kappa shape index (κ2) is 10.5. The zero-order valence-electron chi connectivity index (χ0n) is 13.9. The van der Waals surface area contributed by atoms with Crippen LogP contribution in [0.1, 0.15) is 12.0 Å². The normalized spacial score (nSPS) is 10.0. The maximum Gasteiger partial charge on any atom is 0.307 e. The van der Waals surface area contributed by atoms with E-state index in [4.69, 9.17) is 21.6 Å². The molecular weight excluding hydrogens is 372 g/mol. The van der Waals surface area contributed by atoms with Crippen LogP contribution in [0.15, 0.2) is 53.4 Å². The van der Waals surface area contributed by atoms with E-state index in [1.807, 2.05) is 12.1 Å². The number of hydrogen-bond acceptors (Lipinski definition) is 5. The standard InChI is InChI=1S/C19H17ClN2O3S/c20-15-3-7-17(8-4-15)26-12-10-19(24)25-13-18(23)22-16-5-1-14(2-6-16)9-11-21/h1-8H,9-10,12-13H2,(H,22,23). The Labute approximate surface area is 161 Å². The Balaban J connectivity index is 1.65. The van der Waals surface area contributed by atoms with Crippen molar-refractivity contribution in [2.45, 2.75) is 17.7 Å². The summed E-state index contributed by atoms with van der Waals surface area (Å²) in [6.45, 7) is -0.329. The number of carbonyl (C=O) groups excluding carboxylic acids is 2. The van der Waals surface area contributed by atoms with E-state index in [1.165, 1.54) is 11.8 Å². The summed E-state index contributed by atoms with van der Waals surface area (Å²) in [6.07, 6.45) is 0.531. The number of benzene rings is 2. The van der Waals surface area contributed by atoms with E-state index in [9.17, 15) is 9.59 Å². The number of halogens is 1. The molecule has 0 atom stereocenters. The van der Waals surface area contributed by atoms with Gasteiger partial charge in [-0.15, -0.1) is 11.8 Å². The molecule has 2 aromatic carbocycles. The van der Waals surface area contributed by atoms with Crippen molar-refractivity contribution in [3.63, 3.8) is 0 Å². The van der Waals surface area contributed by atoms with Crippen LogP contribution in [0.25, 0.3) is 0 Å². The average molecular weight is 389 g/mol. The number of thioether (sulfide) groups is 1. The van der Waals surface area contributed by atoms with Crippen LogP contribution in [0.3, 0.4) is 0 Å². The third kappa shape index (κ3) is 7.18. The molecule has 1 N–H and O–H groups in total. The molecule has 0 aliphatic rings. The molecule has 134 valence electrons. The number of nitrogens with zero attached hydrogens (tertiary/aromatic N) is 1. The summed E-state index contributed by atoms with van der Waals surface area (Å²) in [4.78, 5) is 24.5. The Kier molecular flexibility index (Phi) is 8.00. The predicted octanol–water partition coefficient (Wildman–Crippen LogP) is 4.07. The van der Waals surface area contributed by atoms with Gasteiger partial charge in [0.2, 0.25) is 0 Å². The Bertz CT molecular complexity index is 786. The van der Waals surface area contributed by atoms with Gasteiger partial charge in [0, 0.05) is 21.4 Å². The molecule has 2 aromatic rings. The number of rotatable bonds is 8. The lowest BCUT2D eigenvalue weighted by Gasteiger charge is -2.07. The summed E-state index contributed by atoms with van der Waals surface area (Å²) in [6, 6.07) is 16.3. The number of ether oxygens (including phenoxy) is 1. The minimum absolute atomic E-state index is 0.212. The molecule has 0 radical (unpaired) electrons. The first kappa shape index (κ1) is 19.8. The van der Waals surface area contributed by atoms with Crippen molar-refractivity contribution in [2.24, 2.45) is 0 Å². The van der Waals surface area contributed by atoms with Gasteiger partial charge in [-0.3, -0.25) is 9.59 Å². The molecule has 7 heteroatoms. The highest BCUT2D eigenvalue weighted by atomic mass is 35.5. The quantitative estimate of drug-likeness (QED) is 0.544. The first-order valence-corrected chi connectivity index (χ1v) is 9.23. The van der Waals surface area contributed by atoms with E-state index < -0.39 is 11.9 Å². The molecule has 0 heterocycles. The van der Waals surface area contributed by atoms with Crippen molar-refractivity contribution >= 4 is 40.9 Å². The summed E-state index contributed by atoms with van der Waals surface area (Å²) in [5.41, 5.74) is 1.46. The molecule has 0 saturated heterocycles. The van der Waals surface area contributed by atoms with Crippen molar-refractivity contribution in [3.8, 4) is 6.07 Å². The fourth-order valence-electron chi connectivity index (χ4n) is 2.00. The summed E-state index contributed by atoms with van der Waals surface area (Å²) >= 11 is 7.33. The van der Waals surface area contributed by atoms with Crippen LogP contribution in [-0.4, -0.2) is 24.2 Å². The number of anilines is 1. The zero-order chi connectivity index (χ0) is 18.8. The van der Waals surface area contributed by atoms with Crippen molar-refractivity contribution in [1.29, 1.82) is 5.26 Å². The predicted molar refractivity (Wildman–Crippen MR) is 102 cm³/mol. The van der Waals surface area contributed by atoms with Gasteiger partial charge in [-0.2, -0.15) is 5.26 Å². The van der Waals surface area contributed by atoms with E-state index >= 15 is 0 Å². The molecule has 0 fully saturated rings. The first-order valence-electron chi connectivity index (χ1n) is 7.86. The van der Waals surface area contributed by atoms with Crippen LogP contribution in [0.2, 0.25) is 5.02 Å². The van der Waals surface area contributed by atoms with Crippen LogP contribution < -0.4 is 5.32 Å². The highest BCUT2D eigenvalue weighted by Crippen LogP contribution is 2.21. The maximum absolute atomic E-state index is 11.8. The van der Waals surface area contributed by atoms with Gasteiger partial charge < -0.3 is 10.1 Å². The van der Waals surface area contributed by atoms with Crippen molar-refractivity contribution < 1.29 is 14.3 Å². The zero-order valence-corrected chi connectivity index (χ0v) is 15.5. The van der Waals surface area contributed by atoms with Crippen molar-refractivity contribution in [2.75, 3.05) is 17.7 Å². The highest BCUT2D eigenvalue weighted by Gasteiger charge is 2.08. The van der Waals surface area contributed by atoms with E-state index in [-0.39, 0.29) is 13.0 Å². The molecule has 0 saturated carbocycles. The molecule has 0 aromatic heterocycles. The lowest BCUT2D eigenvalue weighted by Crippen LogP contribution is -2.21. The summed E-state index contributed by atoms with van der Waals surface area (Å²) in [5, 5.41) is 11.9. The van der Waals surface area contributed by atoms with E-state index in [1.54, 1.807) is 36.4 Å². The van der Waals surface area contributed by atoms with Gasteiger partial charge in [-0.05, 0) is 42.0 Å². The summed E-state index contributed by atoms with van der Waals surface area (Å²) in [7, 11) is 0. The van der Waals surface area contributed by atoms with Gasteiger partial charge in [0.25, 0.3) is 5.91 Å². The molecule has 1 amide bonds. The Hall–Kier alpha value is -2.49. The topological polar surface area (TPSA) is 79.2 Å². The number of esters is 1. The average Bonchev–Trinajstić information content (AvgIpc) is 2.63. The van der Waals surface area contributed by atoms with Gasteiger partial charge in [-0.25, -0.2) is 0 Å². The lowest BCUT2D eigenvalue weighted by molar-refractivity contribution is -0.146. The fraction of sp³-hybridized carbons (Fsp3) is 0.211. The van der Waals surface area contributed by atoms with Crippen LogP contribution in [0.4, 0.5) is 5.69 Å². The van der Waals surface area contributed by atoms with Crippen molar-refractivity contribution in [3.05, 3.63) is 59.1 Å². The lowest BCUT2D eigenvalue weighted by atomic mass is 10.1. The second-order valence-electron chi connectivity index (χ2n) is 5.29. The maximum atomic E-state index is 11.8. The SMILES string of the molecule is N#CCc1ccc(NC(=O)COC(=O)CCSc2ccc(Cl)cc2)cc1. The van der Waals surface area contributed by atoms with Gasteiger partial charge in [0.05, 0.1) is 18.9 Å². The summed E-state index contributed by atoms with van der Waals surface area (Å²) < 4.78 is 4.97. The monoisotopic (exact) mass is 388 g/mol. The van der Waals surface area contributed by atoms with E-state index in [0.29, 0.717) is 22.9 Å². The molecule has 5 nitrogen and oxygen atoms in total. The first-order chi connectivity index (χ1) is 12.6. The molecule has 0 spiro atoms. The number of carbonyl (C=O) groups is 2. The van der Waals surface area contributed by atoms with Gasteiger partial charge in [0.15, 0.2) is 6.61 Å². The van der Waals surface area contributed by atoms with Crippen LogP contribution in [0.5, 0.6) is 0 Å². The minimum Gasteiger partial charge on any atom is -0.456 e. The number of amides is 1. The van der Waals surface area contributed by atoms with Crippen LogP contribution in [0, 0.1) is 11.3 Å². The number of nitriles is 1.